The van der Waals surface area contributed by atoms with Gasteiger partial charge < -0.3 is 0 Å². The monoisotopic (exact) mass is 222 g/mol. The molecule has 1 nitrogen and oxygen atoms in total. The summed E-state index contributed by atoms with van der Waals surface area (Å²) in [6.45, 7) is 0. The predicted octanol–water partition coefficient (Wildman–Crippen LogP) is 3.54. The largest absolute Gasteiger partial charge is 0.276 e. The van der Waals surface area contributed by atoms with E-state index in [-0.39, 0.29) is 0 Å². The van der Waals surface area contributed by atoms with E-state index in [0.29, 0.717) is 11.1 Å². The third-order valence-corrected chi connectivity index (χ3v) is 2.09. The first-order valence-electron chi connectivity index (χ1n) is 3.19. The van der Waals surface area contributed by atoms with Gasteiger partial charge in [0.05, 0.1) is 0 Å². The van der Waals surface area contributed by atoms with Gasteiger partial charge in [0, 0.05) is 5.56 Å². The fourth-order valence-electron chi connectivity index (χ4n) is 0.797. The molecule has 0 aliphatic heterocycles. The Bertz CT molecular complexity index is 296. The Labute approximate surface area is 85.2 Å². The average Bonchev–Trinajstić information content (AvgIpc) is 2.04. The summed E-state index contributed by atoms with van der Waals surface area (Å²) in [7, 11) is 0. The lowest BCUT2D eigenvalue weighted by molar-refractivity contribution is 0.108. The van der Waals surface area contributed by atoms with Gasteiger partial charge in [0.1, 0.15) is 4.84 Å². The van der Waals surface area contributed by atoms with Gasteiger partial charge in [-0.1, -0.05) is 18.2 Å². The van der Waals surface area contributed by atoms with Crippen LogP contribution in [0.15, 0.2) is 24.3 Å². The molecule has 64 valence electrons. The Kier molecular flexibility index (Phi) is 3.39. The van der Waals surface area contributed by atoms with Crippen LogP contribution in [0.1, 0.15) is 20.8 Å². The standard InChI is InChI=1S/C8H5Cl3O/c9-7(10)5-2-1-3-6(4-5)8(11)12/h1-4,7H. The lowest BCUT2D eigenvalue weighted by Gasteiger charge is -2.01. The van der Waals surface area contributed by atoms with Gasteiger partial charge in [-0.2, -0.15) is 0 Å². The molecule has 0 bridgehead atoms. The Balaban J connectivity index is 3.04. The van der Waals surface area contributed by atoms with Gasteiger partial charge in [-0.25, -0.2) is 0 Å². The quantitative estimate of drug-likeness (QED) is 0.554. The minimum Gasteiger partial charge on any atom is -0.276 e. The molecule has 0 saturated carbocycles. The van der Waals surface area contributed by atoms with Crippen LogP contribution in [0.4, 0.5) is 0 Å². The van der Waals surface area contributed by atoms with Gasteiger partial charge in [0.15, 0.2) is 0 Å². The highest BCUT2D eigenvalue weighted by atomic mass is 35.5. The molecule has 0 unspecified atom stereocenters. The fourth-order valence-corrected chi connectivity index (χ4v) is 1.19. The van der Waals surface area contributed by atoms with Crippen LogP contribution in [-0.2, 0) is 0 Å². The van der Waals surface area contributed by atoms with Crippen molar-refractivity contribution >= 4 is 40.0 Å². The van der Waals surface area contributed by atoms with Crippen LogP contribution in [-0.4, -0.2) is 5.24 Å². The lowest BCUT2D eigenvalue weighted by Crippen LogP contribution is -1.90. The maximum Gasteiger partial charge on any atom is 0.252 e. The zero-order valence-corrected chi connectivity index (χ0v) is 8.20. The number of hydrogen-bond acceptors (Lipinski definition) is 1. The van der Waals surface area contributed by atoms with Crippen molar-refractivity contribution in [3.8, 4) is 0 Å². The predicted molar refractivity (Wildman–Crippen MR) is 51.1 cm³/mol. The first kappa shape index (κ1) is 9.85. The molecule has 0 fully saturated rings. The molecule has 1 aromatic rings. The maximum absolute atomic E-state index is 10.7. The first-order valence-corrected chi connectivity index (χ1v) is 4.44. The van der Waals surface area contributed by atoms with Crippen molar-refractivity contribution in [1.82, 2.24) is 0 Å². The summed E-state index contributed by atoms with van der Waals surface area (Å²) in [5, 5.41) is -0.508. The second kappa shape index (κ2) is 4.13. The van der Waals surface area contributed by atoms with Crippen LogP contribution in [0.25, 0.3) is 0 Å². The van der Waals surface area contributed by atoms with Gasteiger partial charge in [-0.05, 0) is 23.2 Å². The van der Waals surface area contributed by atoms with Crippen molar-refractivity contribution in [1.29, 1.82) is 0 Å². The second-order valence-electron chi connectivity index (χ2n) is 2.20. The minimum atomic E-state index is -0.624. The third-order valence-electron chi connectivity index (χ3n) is 1.37. The molecule has 0 amide bonds. The van der Waals surface area contributed by atoms with Crippen LogP contribution >= 0.6 is 34.8 Å². The first-order chi connectivity index (χ1) is 5.61. The Morgan fingerprint density at radius 2 is 2.00 bits per heavy atom. The molecule has 0 saturated heterocycles. The van der Waals surface area contributed by atoms with E-state index in [1.807, 2.05) is 0 Å². The molecule has 4 heteroatoms. The summed E-state index contributed by atoms with van der Waals surface area (Å²) in [4.78, 5) is 10.1. The second-order valence-corrected chi connectivity index (χ2v) is 3.64. The number of hydrogen-bond donors (Lipinski definition) is 0. The van der Waals surface area contributed by atoms with Crippen LogP contribution < -0.4 is 0 Å². The molecular formula is C8H5Cl3O. The van der Waals surface area contributed by atoms with E-state index < -0.39 is 10.1 Å². The van der Waals surface area contributed by atoms with E-state index in [9.17, 15) is 4.79 Å². The Morgan fingerprint density at radius 3 is 2.50 bits per heavy atom. The zero-order valence-electron chi connectivity index (χ0n) is 5.93. The molecule has 0 spiro atoms. The number of halogens is 3. The molecule has 0 aromatic heterocycles. The van der Waals surface area contributed by atoms with E-state index in [1.165, 1.54) is 0 Å². The van der Waals surface area contributed by atoms with Gasteiger partial charge >= 0.3 is 0 Å². The summed E-state index contributed by atoms with van der Waals surface area (Å²) in [5.74, 6) is 0. The van der Waals surface area contributed by atoms with Crippen LogP contribution in [0.2, 0.25) is 0 Å². The molecule has 1 aromatic carbocycles. The minimum absolute atomic E-state index is 0.403. The van der Waals surface area contributed by atoms with E-state index in [1.54, 1.807) is 24.3 Å². The van der Waals surface area contributed by atoms with Crippen molar-refractivity contribution in [2.45, 2.75) is 4.84 Å². The number of alkyl halides is 2. The summed E-state index contributed by atoms with van der Waals surface area (Å²) >= 11 is 16.4. The highest BCUT2D eigenvalue weighted by molar-refractivity contribution is 6.67. The molecule has 0 heterocycles. The fraction of sp³-hybridized carbons (Fsp3) is 0.125. The average molecular weight is 223 g/mol. The van der Waals surface area contributed by atoms with Gasteiger partial charge in [-0.3, -0.25) is 4.79 Å². The van der Waals surface area contributed by atoms with Crippen molar-refractivity contribution in [3.63, 3.8) is 0 Å². The van der Waals surface area contributed by atoms with Crippen molar-refractivity contribution in [2.24, 2.45) is 0 Å². The third kappa shape index (κ3) is 2.37. The number of rotatable bonds is 2. The summed E-state index contributed by atoms with van der Waals surface area (Å²) in [6.07, 6.45) is 0. The van der Waals surface area contributed by atoms with Crippen molar-refractivity contribution < 1.29 is 4.79 Å². The molecule has 1 rings (SSSR count). The molecule has 0 aliphatic carbocycles. The van der Waals surface area contributed by atoms with Crippen molar-refractivity contribution in [3.05, 3.63) is 35.4 Å². The zero-order chi connectivity index (χ0) is 9.14. The Morgan fingerprint density at radius 1 is 1.33 bits per heavy atom. The van der Waals surface area contributed by atoms with E-state index >= 15 is 0 Å². The van der Waals surface area contributed by atoms with Gasteiger partial charge in [-0.15, -0.1) is 23.2 Å². The molecule has 0 atom stereocenters. The highest BCUT2D eigenvalue weighted by Crippen LogP contribution is 2.25. The van der Waals surface area contributed by atoms with Crippen LogP contribution in [0.5, 0.6) is 0 Å². The summed E-state index contributed by atoms with van der Waals surface area (Å²) < 4.78 is 0. The lowest BCUT2D eigenvalue weighted by atomic mass is 10.1. The summed E-state index contributed by atoms with van der Waals surface area (Å²) in [5.41, 5.74) is 1.07. The SMILES string of the molecule is O=C(Cl)c1cccc(C(Cl)Cl)c1. The molecule has 0 N–H and O–H groups in total. The summed E-state index contributed by atoms with van der Waals surface area (Å²) in [6, 6.07) is 6.59. The van der Waals surface area contributed by atoms with Crippen LogP contribution in [0.3, 0.4) is 0 Å². The van der Waals surface area contributed by atoms with E-state index in [2.05, 4.69) is 0 Å². The van der Waals surface area contributed by atoms with Gasteiger partial charge in [0.25, 0.3) is 5.24 Å². The topological polar surface area (TPSA) is 17.1 Å². The van der Waals surface area contributed by atoms with E-state index in [0.717, 1.165) is 0 Å². The van der Waals surface area contributed by atoms with E-state index in [4.69, 9.17) is 34.8 Å². The smallest absolute Gasteiger partial charge is 0.252 e. The number of carbonyl (C=O) groups excluding carboxylic acids is 1. The normalized spacial score (nSPS) is 10.3. The molecule has 0 aliphatic rings. The van der Waals surface area contributed by atoms with Crippen LogP contribution in [0, 0.1) is 0 Å². The molecule has 0 radical (unpaired) electrons. The van der Waals surface area contributed by atoms with Gasteiger partial charge in [0.2, 0.25) is 0 Å². The number of carbonyl (C=O) groups is 1. The Hall–Kier alpha value is -0.240. The van der Waals surface area contributed by atoms with Crippen molar-refractivity contribution in [2.75, 3.05) is 0 Å². The molecule has 12 heavy (non-hydrogen) atoms. The molecular weight excluding hydrogens is 218 g/mol. The highest BCUT2D eigenvalue weighted by Gasteiger charge is 2.06. The maximum atomic E-state index is 10.7. The number of benzene rings is 1.